The third-order valence-corrected chi connectivity index (χ3v) is 15.7. The van der Waals surface area contributed by atoms with E-state index in [2.05, 4.69) is 191 Å². The van der Waals surface area contributed by atoms with Gasteiger partial charge >= 0.3 is 0 Å². The average Bonchev–Trinajstić information content (AvgIpc) is 3.92. The number of benzene rings is 8. The molecular weight excluding hydrogens is 725 g/mol. The summed E-state index contributed by atoms with van der Waals surface area (Å²) in [6, 6.07) is 68.8. The van der Waals surface area contributed by atoms with E-state index in [0.29, 0.717) is 0 Å². The van der Waals surface area contributed by atoms with Crippen molar-refractivity contribution >= 4 is 43.6 Å². The van der Waals surface area contributed by atoms with E-state index in [-0.39, 0.29) is 5.41 Å². The van der Waals surface area contributed by atoms with Crippen molar-refractivity contribution in [3.8, 4) is 44.8 Å². The van der Waals surface area contributed by atoms with Crippen LogP contribution in [0.5, 0.6) is 0 Å². The van der Waals surface area contributed by atoms with Gasteiger partial charge in [0, 0.05) is 38.3 Å². The van der Waals surface area contributed by atoms with Gasteiger partial charge in [0.05, 0.1) is 22.1 Å². The van der Waals surface area contributed by atoms with E-state index >= 15 is 0 Å². The van der Waals surface area contributed by atoms with Crippen molar-refractivity contribution in [2.75, 3.05) is 0 Å². The predicted molar refractivity (Wildman–Crippen MR) is 249 cm³/mol. The summed E-state index contributed by atoms with van der Waals surface area (Å²) in [6.45, 7) is 0. The van der Waals surface area contributed by atoms with Crippen molar-refractivity contribution in [2.24, 2.45) is 23.7 Å². The second kappa shape index (κ2) is 12.2. The van der Waals surface area contributed by atoms with Crippen LogP contribution in [0.15, 0.2) is 182 Å². The molecule has 8 aromatic carbocycles. The average molecular weight is 769 g/mol. The fourth-order valence-corrected chi connectivity index (χ4v) is 13.6. The number of hydrogen-bond donors (Lipinski definition) is 0. The molecule has 0 unspecified atom stereocenters. The molecule has 0 saturated heterocycles. The summed E-state index contributed by atoms with van der Waals surface area (Å²) in [5.41, 5.74) is 18.6. The molecule has 2 nitrogen and oxygen atoms in total. The van der Waals surface area contributed by atoms with Gasteiger partial charge in [-0.15, -0.1) is 0 Å². The van der Waals surface area contributed by atoms with Crippen LogP contribution in [0.3, 0.4) is 0 Å². The van der Waals surface area contributed by atoms with Crippen molar-refractivity contribution in [1.82, 2.24) is 9.13 Å². The smallest absolute Gasteiger partial charge is 0.0547 e. The highest BCUT2D eigenvalue weighted by Gasteiger charge is 2.61. The van der Waals surface area contributed by atoms with E-state index in [1.54, 1.807) is 11.1 Å². The Hall–Kier alpha value is -6.64. The highest BCUT2D eigenvalue weighted by Crippen LogP contribution is 2.69. The maximum Gasteiger partial charge on any atom is 0.0547 e. The Morgan fingerprint density at radius 2 is 0.900 bits per heavy atom. The van der Waals surface area contributed by atoms with Gasteiger partial charge in [-0.05, 0) is 155 Å². The zero-order chi connectivity index (χ0) is 39.1. The van der Waals surface area contributed by atoms with Gasteiger partial charge in [0.25, 0.3) is 0 Å². The molecule has 60 heavy (non-hydrogen) atoms. The summed E-state index contributed by atoms with van der Waals surface area (Å²) in [4.78, 5) is 0. The van der Waals surface area contributed by atoms with Gasteiger partial charge in [0.1, 0.15) is 0 Å². The lowest BCUT2D eigenvalue weighted by atomic mass is 9.43. The number of fused-ring (bicyclic) bond motifs is 9. The SMILES string of the molecule is c1ccc(-c2cccc(-n3c4ccccc4c4cc(-c5ccc6c7ccccc7n(-c7ccc8c(c7)-c7ccccc7C87C8CC9CC(C8)CC7C9)c6c5)ccc43)c2)cc1. The molecule has 5 aliphatic rings. The molecule has 4 fully saturated rings. The lowest BCUT2D eigenvalue weighted by molar-refractivity contribution is -0.0399. The van der Waals surface area contributed by atoms with Crippen molar-refractivity contribution < 1.29 is 0 Å². The van der Waals surface area contributed by atoms with E-state index in [1.165, 1.54) is 120 Å². The Morgan fingerprint density at radius 3 is 1.70 bits per heavy atom. The van der Waals surface area contributed by atoms with Gasteiger partial charge in [-0.2, -0.15) is 0 Å². The molecule has 10 aromatic rings. The maximum atomic E-state index is 2.57. The first-order chi connectivity index (χ1) is 29.7. The van der Waals surface area contributed by atoms with E-state index in [4.69, 9.17) is 0 Å². The minimum atomic E-state index is 0.179. The third-order valence-electron chi connectivity index (χ3n) is 15.7. The second-order valence-corrected chi connectivity index (χ2v) is 18.5. The van der Waals surface area contributed by atoms with Crippen LogP contribution in [0, 0.1) is 23.7 Å². The molecule has 4 bridgehead atoms. The molecule has 0 atom stereocenters. The third kappa shape index (κ3) is 4.44. The number of rotatable bonds is 4. The van der Waals surface area contributed by atoms with Crippen LogP contribution in [0.4, 0.5) is 0 Å². The van der Waals surface area contributed by atoms with Gasteiger partial charge < -0.3 is 9.13 Å². The molecule has 286 valence electrons. The zero-order valence-electron chi connectivity index (χ0n) is 33.6. The Kier molecular flexibility index (Phi) is 6.76. The first kappa shape index (κ1) is 33.2. The van der Waals surface area contributed by atoms with E-state index in [0.717, 1.165) is 23.7 Å². The van der Waals surface area contributed by atoms with E-state index in [1.807, 2.05) is 0 Å². The molecule has 2 aromatic heterocycles. The summed E-state index contributed by atoms with van der Waals surface area (Å²) < 4.78 is 4.98. The van der Waals surface area contributed by atoms with Crippen molar-refractivity contribution in [3.63, 3.8) is 0 Å². The van der Waals surface area contributed by atoms with Crippen LogP contribution in [0.1, 0.15) is 43.2 Å². The zero-order valence-corrected chi connectivity index (χ0v) is 33.6. The minimum Gasteiger partial charge on any atom is -0.309 e. The quantitative estimate of drug-likeness (QED) is 0.169. The van der Waals surface area contributed by atoms with Crippen LogP contribution < -0.4 is 0 Å². The molecule has 0 N–H and O–H groups in total. The number of hydrogen-bond acceptors (Lipinski definition) is 0. The number of para-hydroxylation sites is 2. The fourth-order valence-electron chi connectivity index (χ4n) is 13.6. The minimum absolute atomic E-state index is 0.179. The van der Waals surface area contributed by atoms with Gasteiger partial charge in [0.15, 0.2) is 0 Å². The van der Waals surface area contributed by atoms with Crippen LogP contribution in [-0.2, 0) is 5.41 Å². The molecule has 15 rings (SSSR count). The predicted octanol–water partition coefficient (Wildman–Crippen LogP) is 14.9. The van der Waals surface area contributed by atoms with Crippen LogP contribution >= 0.6 is 0 Å². The molecule has 0 radical (unpaired) electrons. The van der Waals surface area contributed by atoms with Crippen LogP contribution in [-0.4, -0.2) is 9.13 Å². The normalized spacial score (nSPS) is 22.4. The van der Waals surface area contributed by atoms with Gasteiger partial charge in [-0.25, -0.2) is 0 Å². The van der Waals surface area contributed by atoms with Crippen LogP contribution in [0.2, 0.25) is 0 Å². The summed E-state index contributed by atoms with van der Waals surface area (Å²) in [6.07, 6.45) is 7.11. The Bertz CT molecular complexity index is 3370. The Morgan fingerprint density at radius 1 is 0.333 bits per heavy atom. The largest absolute Gasteiger partial charge is 0.309 e. The van der Waals surface area contributed by atoms with Gasteiger partial charge in [-0.3, -0.25) is 0 Å². The second-order valence-electron chi connectivity index (χ2n) is 18.5. The Balaban J connectivity index is 0.929. The molecule has 1 spiro atoms. The van der Waals surface area contributed by atoms with Crippen molar-refractivity contribution in [2.45, 2.75) is 37.5 Å². The van der Waals surface area contributed by atoms with E-state index in [9.17, 15) is 0 Å². The van der Waals surface area contributed by atoms with Crippen LogP contribution in [0.25, 0.3) is 88.4 Å². The molecular formula is C58H44N2. The standard InChI is InChI=1S/C58H44N2/c1-2-11-38(12-3-1)39-13-10-14-44(32-39)59-55-20-9-6-17-48(55)51-33-40(22-26-56(51)59)41-21-24-49-47-16-5-8-19-54(47)60(57(49)34-41)45-23-25-53-50(35-45)46-15-4-7-18-52(46)58(53)42-28-36-27-37(30-42)31-43(58)29-36/h1-26,32-37,42-43H,27-31H2. The summed E-state index contributed by atoms with van der Waals surface area (Å²) in [5, 5.41) is 5.13. The first-order valence-electron chi connectivity index (χ1n) is 22.2. The lowest BCUT2D eigenvalue weighted by Gasteiger charge is -2.61. The highest BCUT2D eigenvalue weighted by molar-refractivity contribution is 6.12. The summed E-state index contributed by atoms with van der Waals surface area (Å²) >= 11 is 0. The molecule has 0 aliphatic heterocycles. The maximum absolute atomic E-state index is 2.57. The van der Waals surface area contributed by atoms with E-state index < -0.39 is 0 Å². The lowest BCUT2D eigenvalue weighted by Crippen LogP contribution is -2.55. The number of nitrogens with zero attached hydrogens (tertiary/aromatic N) is 2. The molecule has 4 saturated carbocycles. The first-order valence-corrected chi connectivity index (χ1v) is 22.2. The monoisotopic (exact) mass is 768 g/mol. The van der Waals surface area contributed by atoms with Gasteiger partial charge in [0.2, 0.25) is 0 Å². The topological polar surface area (TPSA) is 9.86 Å². The van der Waals surface area contributed by atoms with Crippen molar-refractivity contribution in [1.29, 1.82) is 0 Å². The Labute approximate surface area is 350 Å². The highest BCUT2D eigenvalue weighted by atomic mass is 15.0. The van der Waals surface area contributed by atoms with Crippen molar-refractivity contribution in [3.05, 3.63) is 193 Å². The summed E-state index contributed by atoms with van der Waals surface area (Å²) in [7, 11) is 0. The summed E-state index contributed by atoms with van der Waals surface area (Å²) in [5.74, 6) is 3.42. The fraction of sp³-hybridized carbons (Fsp3) is 0.172. The molecule has 0 amide bonds. The molecule has 2 heteroatoms. The number of aromatic nitrogens is 2. The molecule has 5 aliphatic carbocycles. The van der Waals surface area contributed by atoms with Gasteiger partial charge in [-0.1, -0.05) is 127 Å². The molecule has 2 heterocycles.